The molecular formula is C4H10N2O. The average Bonchev–Trinajstić information content (AvgIpc) is 1.69. The molecule has 42 valence electrons. The summed E-state index contributed by atoms with van der Waals surface area (Å²) in [6, 6.07) is 0. The number of hydrogen-bond donors (Lipinski definition) is 1. The van der Waals surface area contributed by atoms with Crippen LogP contribution in [0.1, 0.15) is 6.42 Å². The summed E-state index contributed by atoms with van der Waals surface area (Å²) in [5, 5.41) is 2.91. The summed E-state index contributed by atoms with van der Waals surface area (Å²) >= 11 is 0. The van der Waals surface area contributed by atoms with Crippen molar-refractivity contribution in [1.82, 2.24) is 11.2 Å². The van der Waals surface area contributed by atoms with Crippen molar-refractivity contribution >= 4 is 0 Å². The highest BCUT2D eigenvalue weighted by Crippen LogP contribution is 1.72. The maximum atomic E-state index is 7.77. The zero-order valence-electron chi connectivity index (χ0n) is 4.48. The lowest BCUT2D eigenvalue weighted by Crippen LogP contribution is -2.09. The molecule has 0 heterocycles. The van der Waals surface area contributed by atoms with Crippen molar-refractivity contribution in [2.24, 2.45) is 0 Å². The van der Waals surface area contributed by atoms with Gasteiger partial charge in [-0.2, -0.15) is 0 Å². The van der Waals surface area contributed by atoms with E-state index in [1.54, 1.807) is 0 Å². The predicted octanol–water partition coefficient (Wildman–Crippen LogP) is -0.404. The van der Waals surface area contributed by atoms with E-state index in [0.717, 1.165) is 13.0 Å². The van der Waals surface area contributed by atoms with Gasteiger partial charge in [-0.1, -0.05) is 0 Å². The van der Waals surface area contributed by atoms with E-state index in [4.69, 9.17) is 5.90 Å². The zero-order chi connectivity index (χ0) is 5.54. The fraction of sp³-hybridized carbons (Fsp3) is 1.00. The van der Waals surface area contributed by atoms with Gasteiger partial charge in [-0.05, 0) is 20.0 Å². The van der Waals surface area contributed by atoms with Crippen LogP contribution in [0.2, 0.25) is 0 Å². The lowest BCUT2D eigenvalue weighted by atomic mass is 10.5. The van der Waals surface area contributed by atoms with E-state index in [9.17, 15) is 0 Å². The quantitative estimate of drug-likeness (QED) is 0.387. The summed E-state index contributed by atoms with van der Waals surface area (Å²) in [5.41, 5.74) is 0. The second kappa shape index (κ2) is 5.88. The van der Waals surface area contributed by atoms with Crippen LogP contribution in [0.15, 0.2) is 0 Å². The second-order valence-electron chi connectivity index (χ2n) is 1.29. The Morgan fingerprint density at radius 1 is 1.71 bits per heavy atom. The van der Waals surface area contributed by atoms with Gasteiger partial charge in [-0.3, -0.25) is 4.84 Å². The first-order valence-corrected chi connectivity index (χ1v) is 2.32. The number of nitrogens with zero attached hydrogens (tertiary/aromatic N) is 1. The molecule has 0 saturated heterocycles. The van der Waals surface area contributed by atoms with Gasteiger partial charge in [0.25, 0.3) is 0 Å². The molecular weight excluding hydrogens is 92.1 g/mol. The molecule has 0 bridgehead atoms. The molecule has 0 amide bonds. The Balaban J connectivity index is 2.45. The van der Waals surface area contributed by atoms with E-state index >= 15 is 0 Å². The molecule has 0 spiro atoms. The van der Waals surface area contributed by atoms with E-state index in [1.165, 1.54) is 0 Å². The first-order chi connectivity index (χ1) is 3.41. The highest BCUT2D eigenvalue weighted by molar-refractivity contribution is 4.36. The number of nitrogens with one attached hydrogen (secondary N) is 1. The molecule has 0 aliphatic rings. The lowest BCUT2D eigenvalue weighted by molar-refractivity contribution is 0.116. The fourth-order valence-electron chi connectivity index (χ4n) is 0.313. The minimum atomic E-state index is 0.418. The van der Waals surface area contributed by atoms with Gasteiger partial charge in [0.2, 0.25) is 0 Å². The Labute approximate surface area is 43.8 Å². The molecule has 2 radical (unpaired) electrons. The van der Waals surface area contributed by atoms with Crippen LogP contribution >= 0.6 is 0 Å². The van der Waals surface area contributed by atoms with Crippen molar-refractivity contribution in [2.75, 3.05) is 20.2 Å². The van der Waals surface area contributed by atoms with E-state index < -0.39 is 0 Å². The monoisotopic (exact) mass is 102 g/mol. The summed E-state index contributed by atoms with van der Waals surface area (Å²) in [5.74, 6) is 7.77. The van der Waals surface area contributed by atoms with Crippen LogP contribution in [0.5, 0.6) is 0 Å². The van der Waals surface area contributed by atoms with Crippen molar-refractivity contribution in [3.8, 4) is 0 Å². The van der Waals surface area contributed by atoms with Crippen LogP contribution in [0.25, 0.3) is 0 Å². The molecule has 3 heteroatoms. The first kappa shape index (κ1) is 6.88. The molecule has 0 fully saturated rings. The van der Waals surface area contributed by atoms with Gasteiger partial charge in [0.15, 0.2) is 0 Å². The van der Waals surface area contributed by atoms with Crippen molar-refractivity contribution in [3.63, 3.8) is 0 Å². The SMILES string of the molecule is CNCCCO[N]. The van der Waals surface area contributed by atoms with Crippen LogP contribution < -0.4 is 11.2 Å². The van der Waals surface area contributed by atoms with Crippen molar-refractivity contribution < 1.29 is 4.84 Å². The fourth-order valence-corrected chi connectivity index (χ4v) is 0.313. The predicted molar refractivity (Wildman–Crippen MR) is 26.6 cm³/mol. The molecule has 0 aromatic carbocycles. The van der Waals surface area contributed by atoms with Gasteiger partial charge in [-0.25, -0.2) is 0 Å². The average molecular weight is 102 g/mol. The third-order valence-electron chi connectivity index (χ3n) is 0.662. The topological polar surface area (TPSA) is 43.6 Å². The Morgan fingerprint density at radius 2 is 2.43 bits per heavy atom. The molecule has 3 nitrogen and oxygen atoms in total. The summed E-state index contributed by atoms with van der Waals surface area (Å²) in [6.07, 6.45) is 0.854. The molecule has 0 atom stereocenters. The van der Waals surface area contributed by atoms with Gasteiger partial charge in [0, 0.05) is 5.90 Å². The second-order valence-corrected chi connectivity index (χ2v) is 1.29. The molecule has 0 saturated carbocycles. The molecule has 1 N–H and O–H groups in total. The van der Waals surface area contributed by atoms with Crippen LogP contribution in [0.4, 0.5) is 0 Å². The molecule has 0 aromatic rings. The maximum absolute atomic E-state index is 7.77. The normalized spacial score (nSPS) is 9.43. The highest BCUT2D eigenvalue weighted by Gasteiger charge is 1.80. The molecule has 0 aliphatic heterocycles. The summed E-state index contributed by atoms with van der Waals surface area (Å²) in [6.45, 7) is 1.31. The number of rotatable bonds is 4. The molecule has 7 heavy (non-hydrogen) atoms. The Kier molecular flexibility index (Phi) is 5.78. The number of hydrogen-bond acceptors (Lipinski definition) is 2. The van der Waals surface area contributed by atoms with Gasteiger partial charge in [-0.15, -0.1) is 0 Å². The molecule has 0 unspecified atom stereocenters. The van der Waals surface area contributed by atoms with Crippen molar-refractivity contribution in [2.45, 2.75) is 6.42 Å². The van der Waals surface area contributed by atoms with Crippen LogP contribution in [-0.2, 0) is 4.84 Å². The zero-order valence-corrected chi connectivity index (χ0v) is 4.48. The highest BCUT2D eigenvalue weighted by atomic mass is 16.6. The lowest BCUT2D eigenvalue weighted by Gasteiger charge is -1.92. The minimum Gasteiger partial charge on any atom is -0.320 e. The Bertz CT molecular complexity index is 28.9. The first-order valence-electron chi connectivity index (χ1n) is 2.32. The molecule has 0 rings (SSSR count). The van der Waals surface area contributed by atoms with E-state index in [0.29, 0.717) is 6.61 Å². The summed E-state index contributed by atoms with van der Waals surface area (Å²) < 4.78 is 0. The van der Waals surface area contributed by atoms with Crippen molar-refractivity contribution in [1.29, 1.82) is 0 Å². The third-order valence-corrected chi connectivity index (χ3v) is 0.662. The molecule has 0 aliphatic carbocycles. The van der Waals surface area contributed by atoms with Gasteiger partial charge < -0.3 is 5.32 Å². The van der Waals surface area contributed by atoms with Gasteiger partial charge >= 0.3 is 0 Å². The standard InChI is InChI=1S/C4H10N2O/c1-6-3-2-4-7-5/h6H,2-4H2,1H3. The third kappa shape index (κ3) is 5.88. The van der Waals surface area contributed by atoms with Gasteiger partial charge in [0.1, 0.15) is 0 Å². The van der Waals surface area contributed by atoms with E-state index in [2.05, 4.69) is 10.2 Å². The smallest absolute Gasteiger partial charge is 0.0732 e. The van der Waals surface area contributed by atoms with Crippen LogP contribution in [0.3, 0.4) is 0 Å². The van der Waals surface area contributed by atoms with E-state index in [-0.39, 0.29) is 0 Å². The van der Waals surface area contributed by atoms with Crippen molar-refractivity contribution in [3.05, 3.63) is 0 Å². The maximum Gasteiger partial charge on any atom is 0.0732 e. The minimum absolute atomic E-state index is 0.418. The van der Waals surface area contributed by atoms with Crippen LogP contribution in [0, 0.1) is 0 Å². The Morgan fingerprint density at radius 3 is 2.86 bits per heavy atom. The van der Waals surface area contributed by atoms with Crippen LogP contribution in [-0.4, -0.2) is 20.2 Å². The van der Waals surface area contributed by atoms with E-state index in [1.807, 2.05) is 7.05 Å². The Hall–Kier alpha value is -0.120. The summed E-state index contributed by atoms with van der Waals surface area (Å²) in [7, 11) is 1.86. The summed E-state index contributed by atoms with van der Waals surface area (Å²) in [4.78, 5) is 3.80. The largest absolute Gasteiger partial charge is 0.320 e. The van der Waals surface area contributed by atoms with Gasteiger partial charge in [0.05, 0.1) is 6.61 Å². The molecule has 0 aromatic heterocycles.